The number of halogens is 4. The van der Waals surface area contributed by atoms with Gasteiger partial charge in [-0.25, -0.2) is 8.78 Å². The molecule has 0 heterocycles. The first-order valence-corrected chi connectivity index (χ1v) is 27.4. The Bertz CT molecular complexity index is 2680. The average Bonchev–Trinajstić information content (AvgIpc) is 3.83. The molecule has 0 radical (unpaired) electrons. The summed E-state index contributed by atoms with van der Waals surface area (Å²) in [5.74, 6) is 0.0455. The predicted octanol–water partition coefficient (Wildman–Crippen LogP) is 8.43. The summed E-state index contributed by atoms with van der Waals surface area (Å²) in [5.41, 5.74) is 12.0. The molecule has 0 saturated heterocycles. The molecule has 0 nitrogen and oxygen atoms in total. The number of rotatable bonds is 8. The first kappa shape index (κ1) is 50.2. The summed E-state index contributed by atoms with van der Waals surface area (Å²) in [7, 11) is 0. The first-order chi connectivity index (χ1) is 31.4. The van der Waals surface area contributed by atoms with Gasteiger partial charge in [0.25, 0.3) is 0 Å². The molecule has 6 aromatic carbocycles. The van der Waals surface area contributed by atoms with Crippen LogP contribution in [0.3, 0.4) is 0 Å². The molecule has 2 atom stereocenters. The second kappa shape index (κ2) is 24.5. The second-order valence-corrected chi connectivity index (χ2v) is 21.7. The Labute approximate surface area is 417 Å². The SMILES string of the molecule is CCC1=[C-]C2=CC=CCC(c3ccc(-c4ccccc4)c(F)c3)C2=C1.CCC1=[C-]C2=CC=CCC(c3ccc(-c4ccccc4)c(F)c3)C2=C1.[Cl-].[Cl-].[Zr+2]=[Si](c1ccccc1)c1ccccc1. The molecule has 0 saturated carbocycles. The minimum absolute atomic E-state index is 0. The first-order valence-electron chi connectivity index (χ1n) is 22.2. The van der Waals surface area contributed by atoms with Crippen molar-refractivity contribution in [2.45, 2.75) is 51.4 Å². The fraction of sp³-hybridized carbons (Fsp3) is 0.133. The molecule has 0 aromatic heterocycles. The molecule has 0 amide bonds. The van der Waals surface area contributed by atoms with Crippen LogP contribution in [0.1, 0.15) is 62.5 Å². The quantitative estimate of drug-likeness (QED) is 0.106. The molecule has 6 aromatic rings. The zero-order valence-electron chi connectivity index (χ0n) is 37.1. The van der Waals surface area contributed by atoms with E-state index in [1.54, 1.807) is 35.5 Å². The van der Waals surface area contributed by atoms with Crippen molar-refractivity contribution in [2.75, 3.05) is 0 Å². The molecule has 66 heavy (non-hydrogen) atoms. The summed E-state index contributed by atoms with van der Waals surface area (Å²) in [5, 5.41) is 3.03. The Balaban J connectivity index is 0.000000168. The Kier molecular flexibility index (Phi) is 18.6. The Morgan fingerprint density at radius 1 is 0.515 bits per heavy atom. The van der Waals surface area contributed by atoms with Crippen molar-refractivity contribution in [1.82, 2.24) is 0 Å². The van der Waals surface area contributed by atoms with Crippen molar-refractivity contribution < 1.29 is 56.9 Å². The van der Waals surface area contributed by atoms with Gasteiger partial charge >= 0.3 is 99.8 Å². The van der Waals surface area contributed by atoms with Crippen molar-refractivity contribution in [3.8, 4) is 22.3 Å². The summed E-state index contributed by atoms with van der Waals surface area (Å²) in [6.45, 7) is 4.29. The molecule has 0 spiro atoms. The van der Waals surface area contributed by atoms with Crippen LogP contribution >= 0.6 is 0 Å². The Morgan fingerprint density at radius 3 is 1.23 bits per heavy atom. The van der Waals surface area contributed by atoms with Crippen LogP contribution in [0.15, 0.2) is 240 Å². The number of hydrogen-bond acceptors (Lipinski definition) is 0. The van der Waals surface area contributed by atoms with Crippen LogP contribution in [0.2, 0.25) is 0 Å². The van der Waals surface area contributed by atoms with Crippen LogP contribution < -0.4 is 35.2 Å². The molecular formula is C60H50Cl2F2SiZr-2. The van der Waals surface area contributed by atoms with E-state index >= 15 is 0 Å². The summed E-state index contributed by atoms with van der Waals surface area (Å²) in [4.78, 5) is 0. The zero-order valence-corrected chi connectivity index (χ0v) is 42.1. The molecule has 2 unspecified atom stereocenters. The summed E-state index contributed by atoms with van der Waals surface area (Å²) >= 11 is 1.64. The molecule has 0 aliphatic heterocycles. The minimum atomic E-state index is -0.455. The zero-order chi connectivity index (χ0) is 44.3. The van der Waals surface area contributed by atoms with Crippen molar-refractivity contribution in [2.24, 2.45) is 0 Å². The Morgan fingerprint density at radius 2 is 0.879 bits per heavy atom. The van der Waals surface area contributed by atoms with Gasteiger partial charge in [-0.15, -0.1) is 47.6 Å². The third-order valence-electron chi connectivity index (χ3n) is 12.0. The van der Waals surface area contributed by atoms with Gasteiger partial charge in [0.15, 0.2) is 0 Å². The molecule has 6 heteroatoms. The second-order valence-electron chi connectivity index (χ2n) is 16.1. The van der Waals surface area contributed by atoms with E-state index in [9.17, 15) is 8.78 Å². The molecule has 4 aliphatic carbocycles. The van der Waals surface area contributed by atoms with Crippen molar-refractivity contribution in [1.29, 1.82) is 0 Å². The average molecular weight is 999 g/mol. The van der Waals surface area contributed by atoms with Crippen LogP contribution in [0.4, 0.5) is 8.78 Å². The van der Waals surface area contributed by atoms with Crippen LogP contribution in [-0.2, 0) is 23.3 Å². The van der Waals surface area contributed by atoms with E-state index in [4.69, 9.17) is 0 Å². The predicted molar refractivity (Wildman–Crippen MR) is 261 cm³/mol. The number of benzene rings is 6. The fourth-order valence-corrected chi connectivity index (χ4v) is 12.4. The van der Waals surface area contributed by atoms with Gasteiger partial charge in [0.05, 0.1) is 0 Å². The maximum atomic E-state index is 14.8. The van der Waals surface area contributed by atoms with Gasteiger partial charge < -0.3 is 24.8 Å². The van der Waals surface area contributed by atoms with Crippen molar-refractivity contribution in [3.05, 3.63) is 275 Å². The van der Waals surface area contributed by atoms with E-state index < -0.39 is 5.43 Å². The van der Waals surface area contributed by atoms with E-state index in [1.807, 2.05) is 72.8 Å². The van der Waals surface area contributed by atoms with E-state index in [-0.39, 0.29) is 48.3 Å². The van der Waals surface area contributed by atoms with E-state index in [1.165, 1.54) is 32.7 Å². The van der Waals surface area contributed by atoms with E-state index in [0.29, 0.717) is 11.1 Å². The molecule has 328 valence electrons. The van der Waals surface area contributed by atoms with Crippen LogP contribution in [0.25, 0.3) is 22.3 Å². The van der Waals surface area contributed by atoms with Gasteiger partial charge in [0, 0.05) is 11.1 Å². The van der Waals surface area contributed by atoms with Crippen LogP contribution in [0, 0.1) is 23.8 Å². The molecule has 0 N–H and O–H groups in total. The van der Waals surface area contributed by atoms with Crippen LogP contribution in [-0.4, -0.2) is 5.43 Å². The number of allylic oxidation sites excluding steroid dienone is 16. The summed E-state index contributed by atoms with van der Waals surface area (Å²) in [6, 6.07) is 52.5. The van der Waals surface area contributed by atoms with Crippen molar-refractivity contribution in [3.63, 3.8) is 0 Å². The van der Waals surface area contributed by atoms with Gasteiger partial charge in [-0.05, 0) is 71.9 Å². The molecule has 0 bridgehead atoms. The maximum absolute atomic E-state index is 14.8. The van der Waals surface area contributed by atoms with Crippen LogP contribution in [0.5, 0.6) is 0 Å². The summed E-state index contributed by atoms with van der Waals surface area (Å²) in [6.07, 6.45) is 27.8. The van der Waals surface area contributed by atoms with Gasteiger partial charge in [0.1, 0.15) is 11.6 Å². The number of fused-ring (bicyclic) bond motifs is 2. The van der Waals surface area contributed by atoms with E-state index in [2.05, 4.69) is 147 Å². The molecule has 4 aliphatic rings. The van der Waals surface area contributed by atoms with Gasteiger partial charge in [-0.3, -0.25) is 0 Å². The van der Waals surface area contributed by atoms with Crippen molar-refractivity contribution >= 4 is 15.8 Å². The molecular weight excluding hydrogens is 949 g/mol. The van der Waals surface area contributed by atoms with Gasteiger partial charge in [-0.2, -0.15) is 34.4 Å². The third-order valence-corrected chi connectivity index (χ3v) is 18.1. The number of hydrogen-bond donors (Lipinski definition) is 0. The summed E-state index contributed by atoms with van der Waals surface area (Å²) < 4.78 is 29.6. The topological polar surface area (TPSA) is 0 Å². The fourth-order valence-electron chi connectivity index (χ4n) is 8.55. The standard InChI is InChI=1S/2C24H20F.C12H10Si.2ClH.Zr/c2*1-2-17-14-19-10-6-7-11-21(23(19)15-17)20-12-13-22(24(25)16-20)18-8-4-3-5-9-18;1-3-7-11(8-4-1)13-12-9-5-2-6-10-12;;;/h2*3-10,12-13,15-16,21H,2,11H2,1H3;1-10H;2*1H;/q2*-1;;;;+2/p-2. The van der Waals surface area contributed by atoms with Gasteiger partial charge in [0.2, 0.25) is 0 Å². The third kappa shape index (κ3) is 12.2. The van der Waals surface area contributed by atoms with E-state index in [0.717, 1.165) is 59.1 Å². The van der Waals surface area contributed by atoms with Gasteiger partial charge in [-0.1, -0.05) is 111 Å². The monoisotopic (exact) mass is 996 g/mol. The normalized spacial score (nSPS) is 16.5. The molecule has 0 fully saturated rings. The molecule has 10 rings (SSSR count). The Hall–Kier alpha value is -5.22.